The van der Waals surface area contributed by atoms with Crippen LogP contribution < -0.4 is 0 Å². The maximum Gasteiger partial charge on any atom is 0.270 e. The van der Waals surface area contributed by atoms with Gasteiger partial charge in [-0.3, -0.25) is 4.79 Å². The Morgan fingerprint density at radius 3 is 2.79 bits per heavy atom. The number of amides is 1. The standard InChI is InChI=1S/C12H17ClN2O3S/c1-9-3-2-5-15(6-4-9)12(16)11-7-10(8-14-11)19(13,17)18/h7-9,14H,2-6H2,1H3. The fourth-order valence-electron chi connectivity index (χ4n) is 2.28. The number of carbonyl (C=O) groups is 1. The Morgan fingerprint density at radius 2 is 2.16 bits per heavy atom. The molecule has 1 atom stereocenters. The summed E-state index contributed by atoms with van der Waals surface area (Å²) in [6.07, 6.45) is 4.33. The number of carbonyl (C=O) groups excluding carboxylic acids is 1. The molecule has 0 bridgehead atoms. The summed E-state index contributed by atoms with van der Waals surface area (Å²) in [6.45, 7) is 3.61. The zero-order valence-electron chi connectivity index (χ0n) is 10.7. The molecule has 0 aromatic carbocycles. The van der Waals surface area contributed by atoms with E-state index in [1.165, 1.54) is 12.3 Å². The highest BCUT2D eigenvalue weighted by Crippen LogP contribution is 2.20. The number of likely N-dealkylation sites (tertiary alicyclic amines) is 1. The van der Waals surface area contributed by atoms with Crippen molar-refractivity contribution in [2.75, 3.05) is 13.1 Å². The summed E-state index contributed by atoms with van der Waals surface area (Å²) in [6, 6.07) is 1.29. The molecule has 5 nitrogen and oxygen atoms in total. The van der Waals surface area contributed by atoms with Gasteiger partial charge in [-0.05, 0) is 31.2 Å². The Bertz CT molecular complexity index is 567. The average Bonchev–Trinajstić information content (AvgIpc) is 2.73. The van der Waals surface area contributed by atoms with Gasteiger partial charge < -0.3 is 9.88 Å². The number of halogens is 1. The van der Waals surface area contributed by atoms with Crippen LogP contribution in [0.15, 0.2) is 17.2 Å². The number of aromatic nitrogens is 1. The van der Waals surface area contributed by atoms with Crippen molar-refractivity contribution in [3.05, 3.63) is 18.0 Å². The summed E-state index contributed by atoms with van der Waals surface area (Å²) in [7, 11) is 1.44. The largest absolute Gasteiger partial charge is 0.356 e. The molecule has 1 saturated heterocycles. The quantitative estimate of drug-likeness (QED) is 0.852. The lowest BCUT2D eigenvalue weighted by atomic mass is 10.0. The second-order valence-corrected chi connectivity index (χ2v) is 7.58. The molecule has 1 N–H and O–H groups in total. The molecular formula is C12H17ClN2O3S. The maximum atomic E-state index is 12.3. The molecule has 1 unspecified atom stereocenters. The van der Waals surface area contributed by atoms with Crippen LogP contribution in [0.5, 0.6) is 0 Å². The van der Waals surface area contributed by atoms with E-state index in [1.807, 2.05) is 0 Å². The maximum absolute atomic E-state index is 12.3. The van der Waals surface area contributed by atoms with Crippen molar-refractivity contribution >= 4 is 25.6 Å². The van der Waals surface area contributed by atoms with Gasteiger partial charge in [0, 0.05) is 30.0 Å². The Morgan fingerprint density at radius 1 is 1.42 bits per heavy atom. The first-order valence-electron chi connectivity index (χ1n) is 6.30. The summed E-state index contributed by atoms with van der Waals surface area (Å²) in [5.74, 6) is 0.459. The number of nitrogens with zero attached hydrogens (tertiary/aromatic N) is 1. The highest BCUT2D eigenvalue weighted by molar-refractivity contribution is 8.13. The molecule has 7 heteroatoms. The molecule has 1 aliphatic heterocycles. The number of hydrogen-bond donors (Lipinski definition) is 1. The minimum atomic E-state index is -3.79. The topological polar surface area (TPSA) is 70.2 Å². The van der Waals surface area contributed by atoms with E-state index in [1.54, 1.807) is 4.90 Å². The SMILES string of the molecule is CC1CCCN(C(=O)c2cc(S(=O)(=O)Cl)c[nH]2)CC1. The Balaban J connectivity index is 2.13. The first-order valence-corrected chi connectivity index (χ1v) is 8.61. The summed E-state index contributed by atoms with van der Waals surface area (Å²) >= 11 is 0. The van der Waals surface area contributed by atoms with Crippen LogP contribution in [0.2, 0.25) is 0 Å². The van der Waals surface area contributed by atoms with Gasteiger partial charge in [-0.1, -0.05) is 6.92 Å². The first-order chi connectivity index (χ1) is 8.88. The number of H-pyrrole nitrogens is 1. The molecule has 1 aromatic rings. The van der Waals surface area contributed by atoms with Crippen LogP contribution in [0.1, 0.15) is 36.7 Å². The molecule has 1 aromatic heterocycles. The second-order valence-electron chi connectivity index (χ2n) is 5.02. The molecule has 2 heterocycles. The molecule has 2 rings (SSSR count). The summed E-state index contributed by atoms with van der Waals surface area (Å²) in [4.78, 5) is 16.6. The molecule has 19 heavy (non-hydrogen) atoms. The minimum Gasteiger partial charge on any atom is -0.356 e. The number of rotatable bonds is 2. The molecule has 1 fully saturated rings. The molecule has 0 spiro atoms. The van der Waals surface area contributed by atoms with Crippen LogP contribution in [-0.4, -0.2) is 37.3 Å². The van der Waals surface area contributed by atoms with Crippen molar-refractivity contribution in [1.29, 1.82) is 0 Å². The average molecular weight is 305 g/mol. The van der Waals surface area contributed by atoms with Crippen LogP contribution in [0.4, 0.5) is 0 Å². The van der Waals surface area contributed by atoms with Crippen LogP contribution in [0.25, 0.3) is 0 Å². The van der Waals surface area contributed by atoms with Crippen molar-refractivity contribution in [2.24, 2.45) is 5.92 Å². The third-order valence-electron chi connectivity index (χ3n) is 3.47. The van der Waals surface area contributed by atoms with Crippen LogP contribution in [0, 0.1) is 5.92 Å². The van der Waals surface area contributed by atoms with Crippen LogP contribution in [0.3, 0.4) is 0 Å². The molecule has 0 aliphatic carbocycles. The molecular weight excluding hydrogens is 288 g/mol. The van der Waals surface area contributed by atoms with Crippen molar-refractivity contribution in [1.82, 2.24) is 9.88 Å². The lowest BCUT2D eigenvalue weighted by Crippen LogP contribution is -2.32. The molecule has 0 radical (unpaired) electrons. The zero-order chi connectivity index (χ0) is 14.0. The third-order valence-corrected chi connectivity index (χ3v) is 4.81. The van der Waals surface area contributed by atoms with Crippen LogP contribution in [-0.2, 0) is 9.05 Å². The van der Waals surface area contributed by atoms with Crippen LogP contribution >= 0.6 is 10.7 Å². The molecule has 0 saturated carbocycles. The van der Waals surface area contributed by atoms with E-state index in [9.17, 15) is 13.2 Å². The predicted octanol–water partition coefficient (Wildman–Crippen LogP) is 2.20. The van der Waals surface area contributed by atoms with Gasteiger partial charge in [0.15, 0.2) is 0 Å². The zero-order valence-corrected chi connectivity index (χ0v) is 12.3. The number of aromatic amines is 1. The highest BCUT2D eigenvalue weighted by atomic mass is 35.7. The first kappa shape index (κ1) is 14.4. The smallest absolute Gasteiger partial charge is 0.270 e. The Kier molecular flexibility index (Phi) is 4.20. The van der Waals surface area contributed by atoms with E-state index < -0.39 is 9.05 Å². The highest BCUT2D eigenvalue weighted by Gasteiger charge is 2.22. The van der Waals surface area contributed by atoms with Gasteiger partial charge in [-0.15, -0.1) is 0 Å². The lowest BCUT2D eigenvalue weighted by Gasteiger charge is -2.19. The molecule has 106 valence electrons. The summed E-state index contributed by atoms with van der Waals surface area (Å²) < 4.78 is 22.3. The van der Waals surface area contributed by atoms with E-state index in [4.69, 9.17) is 10.7 Å². The minimum absolute atomic E-state index is 0.0688. The lowest BCUT2D eigenvalue weighted by molar-refractivity contribution is 0.0755. The monoisotopic (exact) mass is 304 g/mol. The van der Waals surface area contributed by atoms with Crippen molar-refractivity contribution < 1.29 is 13.2 Å². The molecule has 1 amide bonds. The van der Waals surface area contributed by atoms with Gasteiger partial charge in [0.25, 0.3) is 15.0 Å². The van der Waals surface area contributed by atoms with Crippen molar-refractivity contribution in [3.63, 3.8) is 0 Å². The van der Waals surface area contributed by atoms with Gasteiger partial charge in [0.05, 0.1) is 0 Å². The Labute approximate surface area is 117 Å². The number of hydrogen-bond acceptors (Lipinski definition) is 3. The van der Waals surface area contributed by atoms with Gasteiger partial charge in [0.1, 0.15) is 10.6 Å². The normalized spacial score (nSPS) is 21.2. The van der Waals surface area contributed by atoms with Gasteiger partial charge >= 0.3 is 0 Å². The summed E-state index contributed by atoms with van der Waals surface area (Å²) in [5.41, 5.74) is 0.272. The third kappa shape index (κ3) is 3.51. The van der Waals surface area contributed by atoms with Crippen molar-refractivity contribution in [3.8, 4) is 0 Å². The van der Waals surface area contributed by atoms with E-state index in [0.717, 1.165) is 19.3 Å². The summed E-state index contributed by atoms with van der Waals surface area (Å²) in [5, 5.41) is 0. The number of nitrogens with one attached hydrogen (secondary N) is 1. The predicted molar refractivity (Wildman–Crippen MR) is 72.8 cm³/mol. The fourth-order valence-corrected chi connectivity index (χ4v) is 3.00. The molecule has 1 aliphatic rings. The fraction of sp³-hybridized carbons (Fsp3) is 0.583. The van der Waals surface area contributed by atoms with Gasteiger partial charge in [-0.2, -0.15) is 0 Å². The van der Waals surface area contributed by atoms with Gasteiger partial charge in [0.2, 0.25) is 0 Å². The second kappa shape index (κ2) is 5.54. The van der Waals surface area contributed by atoms with E-state index in [-0.39, 0.29) is 16.5 Å². The van der Waals surface area contributed by atoms with Gasteiger partial charge in [-0.25, -0.2) is 8.42 Å². The van der Waals surface area contributed by atoms with E-state index in [2.05, 4.69) is 11.9 Å². The Hall–Kier alpha value is -1.01. The van der Waals surface area contributed by atoms with Crippen molar-refractivity contribution in [2.45, 2.75) is 31.1 Å². The van der Waals surface area contributed by atoms with E-state index >= 15 is 0 Å². The van der Waals surface area contributed by atoms with E-state index in [0.29, 0.717) is 19.0 Å².